The number of aromatic nitrogens is 2. The Morgan fingerprint density at radius 2 is 2.00 bits per heavy atom. The summed E-state index contributed by atoms with van der Waals surface area (Å²) in [6.07, 6.45) is 7.68. The molecule has 1 fully saturated rings. The SMILES string of the molecule is Cn1cncc1C(N)c1ccc(C2CCC2)cc1. The molecule has 0 saturated heterocycles. The van der Waals surface area contributed by atoms with Crippen LogP contribution in [0.15, 0.2) is 36.8 Å². The highest BCUT2D eigenvalue weighted by atomic mass is 15.0. The van der Waals surface area contributed by atoms with Gasteiger partial charge in [-0.05, 0) is 29.9 Å². The Hall–Kier alpha value is -1.61. The maximum Gasteiger partial charge on any atom is 0.0946 e. The quantitative estimate of drug-likeness (QED) is 0.898. The van der Waals surface area contributed by atoms with Gasteiger partial charge in [-0.1, -0.05) is 30.7 Å². The maximum absolute atomic E-state index is 6.27. The van der Waals surface area contributed by atoms with E-state index in [1.807, 2.05) is 17.8 Å². The number of hydrogen-bond donors (Lipinski definition) is 1. The number of benzene rings is 1. The highest BCUT2D eigenvalue weighted by molar-refractivity contribution is 5.32. The van der Waals surface area contributed by atoms with Crippen LogP contribution in [0.25, 0.3) is 0 Å². The third-order valence-electron chi connectivity index (χ3n) is 4.04. The third-order valence-corrected chi connectivity index (χ3v) is 4.04. The molecule has 0 aliphatic heterocycles. The summed E-state index contributed by atoms with van der Waals surface area (Å²) in [6, 6.07) is 8.69. The Kier molecular flexibility index (Phi) is 2.92. The predicted octanol–water partition coefficient (Wildman–Crippen LogP) is 2.74. The zero-order valence-corrected chi connectivity index (χ0v) is 10.7. The van der Waals surface area contributed by atoms with Crippen LogP contribution < -0.4 is 5.73 Å². The van der Waals surface area contributed by atoms with Crippen molar-refractivity contribution in [2.45, 2.75) is 31.2 Å². The fourth-order valence-corrected chi connectivity index (χ4v) is 2.55. The number of hydrogen-bond acceptors (Lipinski definition) is 2. The molecule has 1 saturated carbocycles. The molecule has 1 aliphatic carbocycles. The Labute approximate surface area is 108 Å². The predicted molar refractivity (Wildman–Crippen MR) is 72.3 cm³/mol. The van der Waals surface area contributed by atoms with Crippen LogP contribution in [0.1, 0.15) is 48.0 Å². The van der Waals surface area contributed by atoms with E-state index in [1.165, 1.54) is 24.8 Å². The first-order chi connectivity index (χ1) is 8.75. The van der Waals surface area contributed by atoms with E-state index < -0.39 is 0 Å². The van der Waals surface area contributed by atoms with Gasteiger partial charge in [0, 0.05) is 7.05 Å². The standard InChI is InChI=1S/C15H19N3/c1-18-10-17-9-14(18)15(16)13-7-5-12(6-8-13)11-3-2-4-11/h5-11,15H,2-4,16H2,1H3. The Morgan fingerprint density at radius 3 is 2.50 bits per heavy atom. The molecule has 0 radical (unpaired) electrons. The molecule has 0 spiro atoms. The van der Waals surface area contributed by atoms with Gasteiger partial charge in [-0.15, -0.1) is 0 Å². The molecule has 1 heterocycles. The van der Waals surface area contributed by atoms with Crippen LogP contribution in [0.2, 0.25) is 0 Å². The van der Waals surface area contributed by atoms with Crippen molar-refractivity contribution < 1.29 is 0 Å². The number of nitrogens with zero attached hydrogens (tertiary/aromatic N) is 2. The summed E-state index contributed by atoms with van der Waals surface area (Å²) < 4.78 is 1.98. The lowest BCUT2D eigenvalue weighted by Crippen LogP contribution is -2.15. The van der Waals surface area contributed by atoms with Crippen LogP contribution in [0, 0.1) is 0 Å². The van der Waals surface area contributed by atoms with Gasteiger partial charge in [-0.2, -0.15) is 0 Å². The molecule has 1 aromatic carbocycles. The molecule has 1 aromatic heterocycles. The van der Waals surface area contributed by atoms with Crippen LogP contribution in [0.3, 0.4) is 0 Å². The Bertz CT molecular complexity index is 523. The van der Waals surface area contributed by atoms with Crippen molar-refractivity contribution in [1.82, 2.24) is 9.55 Å². The fraction of sp³-hybridized carbons (Fsp3) is 0.400. The first kappa shape index (κ1) is 11.5. The zero-order valence-electron chi connectivity index (χ0n) is 10.7. The minimum Gasteiger partial charge on any atom is -0.336 e. The van der Waals surface area contributed by atoms with Gasteiger partial charge in [0.05, 0.1) is 24.3 Å². The van der Waals surface area contributed by atoms with Crippen molar-refractivity contribution in [2.75, 3.05) is 0 Å². The van der Waals surface area contributed by atoms with E-state index in [0.717, 1.165) is 17.2 Å². The summed E-state index contributed by atoms with van der Waals surface area (Å²) in [7, 11) is 1.98. The number of imidazole rings is 1. The minimum absolute atomic E-state index is 0.0899. The molecule has 1 atom stereocenters. The molecule has 3 nitrogen and oxygen atoms in total. The van der Waals surface area contributed by atoms with E-state index >= 15 is 0 Å². The van der Waals surface area contributed by atoms with E-state index in [-0.39, 0.29) is 6.04 Å². The lowest BCUT2D eigenvalue weighted by Gasteiger charge is -2.26. The second-order valence-corrected chi connectivity index (χ2v) is 5.20. The Morgan fingerprint density at radius 1 is 1.28 bits per heavy atom. The smallest absolute Gasteiger partial charge is 0.0946 e. The van der Waals surface area contributed by atoms with E-state index in [9.17, 15) is 0 Å². The van der Waals surface area contributed by atoms with Gasteiger partial charge in [0.2, 0.25) is 0 Å². The van der Waals surface area contributed by atoms with Gasteiger partial charge < -0.3 is 10.3 Å². The summed E-state index contributed by atoms with van der Waals surface area (Å²) in [6.45, 7) is 0. The first-order valence-electron chi connectivity index (χ1n) is 6.57. The molecular formula is C15H19N3. The van der Waals surface area contributed by atoms with Crippen molar-refractivity contribution in [2.24, 2.45) is 12.8 Å². The minimum atomic E-state index is -0.0899. The molecule has 18 heavy (non-hydrogen) atoms. The van der Waals surface area contributed by atoms with Crippen LogP contribution in [-0.4, -0.2) is 9.55 Å². The number of nitrogens with two attached hydrogens (primary N) is 1. The average molecular weight is 241 g/mol. The van der Waals surface area contributed by atoms with Crippen molar-refractivity contribution >= 4 is 0 Å². The molecule has 3 heteroatoms. The molecule has 1 unspecified atom stereocenters. The normalized spacial score (nSPS) is 17.4. The maximum atomic E-state index is 6.27. The summed E-state index contributed by atoms with van der Waals surface area (Å²) in [5, 5.41) is 0. The first-order valence-corrected chi connectivity index (χ1v) is 6.57. The van der Waals surface area contributed by atoms with E-state index in [0.29, 0.717) is 0 Å². The van der Waals surface area contributed by atoms with Gasteiger partial charge in [0.1, 0.15) is 0 Å². The largest absolute Gasteiger partial charge is 0.336 e. The van der Waals surface area contributed by atoms with Crippen molar-refractivity contribution in [3.05, 3.63) is 53.6 Å². The second-order valence-electron chi connectivity index (χ2n) is 5.20. The second kappa shape index (κ2) is 4.58. The molecule has 2 aromatic rings. The van der Waals surface area contributed by atoms with Crippen molar-refractivity contribution in [3.8, 4) is 0 Å². The van der Waals surface area contributed by atoms with Crippen molar-refractivity contribution in [1.29, 1.82) is 0 Å². The molecule has 3 rings (SSSR count). The van der Waals surface area contributed by atoms with Crippen LogP contribution in [0.4, 0.5) is 0 Å². The number of aryl methyl sites for hydroxylation is 1. The van der Waals surface area contributed by atoms with E-state index in [4.69, 9.17) is 5.73 Å². The molecule has 0 amide bonds. The summed E-state index contributed by atoms with van der Waals surface area (Å²) in [5.41, 5.74) is 9.94. The van der Waals surface area contributed by atoms with Gasteiger partial charge in [-0.3, -0.25) is 0 Å². The van der Waals surface area contributed by atoms with Gasteiger partial charge in [-0.25, -0.2) is 4.98 Å². The molecule has 94 valence electrons. The summed E-state index contributed by atoms with van der Waals surface area (Å²) in [4.78, 5) is 4.12. The average Bonchev–Trinajstić information content (AvgIpc) is 2.73. The van der Waals surface area contributed by atoms with Crippen LogP contribution in [0.5, 0.6) is 0 Å². The van der Waals surface area contributed by atoms with Gasteiger partial charge in [0.25, 0.3) is 0 Å². The van der Waals surface area contributed by atoms with Gasteiger partial charge >= 0.3 is 0 Å². The third kappa shape index (κ3) is 1.95. The highest BCUT2D eigenvalue weighted by Gasteiger charge is 2.19. The van der Waals surface area contributed by atoms with Crippen LogP contribution in [-0.2, 0) is 7.05 Å². The summed E-state index contributed by atoms with van der Waals surface area (Å²) in [5.74, 6) is 0.784. The molecule has 0 bridgehead atoms. The monoisotopic (exact) mass is 241 g/mol. The molecule has 2 N–H and O–H groups in total. The van der Waals surface area contributed by atoms with E-state index in [1.54, 1.807) is 6.33 Å². The summed E-state index contributed by atoms with van der Waals surface area (Å²) >= 11 is 0. The molecule has 1 aliphatic rings. The highest BCUT2D eigenvalue weighted by Crippen LogP contribution is 2.36. The molecular weight excluding hydrogens is 222 g/mol. The zero-order chi connectivity index (χ0) is 12.5. The van der Waals surface area contributed by atoms with Crippen LogP contribution >= 0.6 is 0 Å². The Balaban J connectivity index is 1.82. The van der Waals surface area contributed by atoms with Gasteiger partial charge in [0.15, 0.2) is 0 Å². The number of rotatable bonds is 3. The lowest BCUT2D eigenvalue weighted by molar-refractivity contribution is 0.419. The van der Waals surface area contributed by atoms with E-state index in [2.05, 4.69) is 29.2 Å². The van der Waals surface area contributed by atoms with Crippen molar-refractivity contribution in [3.63, 3.8) is 0 Å². The lowest BCUT2D eigenvalue weighted by atomic mass is 9.80. The topological polar surface area (TPSA) is 43.8 Å². The fourth-order valence-electron chi connectivity index (χ4n) is 2.55.